The van der Waals surface area contributed by atoms with E-state index in [9.17, 15) is 9.90 Å². The second kappa shape index (κ2) is 7.89. The highest BCUT2D eigenvalue weighted by Gasteiger charge is 2.13. The molecule has 5 nitrogen and oxygen atoms in total. The second-order valence-electron chi connectivity index (χ2n) is 4.46. The molecule has 0 amide bonds. The zero-order chi connectivity index (χ0) is 14.3. The minimum absolute atomic E-state index is 0.172. The Morgan fingerprint density at radius 3 is 2.58 bits per heavy atom. The minimum Gasteiger partial charge on any atom is -0.465 e. The number of hydrogen-bond acceptors (Lipinski definition) is 5. The molecule has 0 saturated carbocycles. The highest BCUT2D eigenvalue weighted by Crippen LogP contribution is 2.14. The number of ether oxygens (including phenoxy) is 1. The zero-order valence-electron chi connectivity index (χ0n) is 11.5. The van der Waals surface area contributed by atoms with Crippen LogP contribution in [0, 0.1) is 0 Å². The van der Waals surface area contributed by atoms with Crippen LogP contribution >= 0.6 is 0 Å². The van der Waals surface area contributed by atoms with Crippen molar-refractivity contribution < 1.29 is 14.6 Å². The highest BCUT2D eigenvalue weighted by molar-refractivity contribution is 5.71. The van der Waals surface area contributed by atoms with Crippen molar-refractivity contribution in [2.45, 2.75) is 19.6 Å². The number of aliphatic hydroxyl groups excluding tert-OH is 1. The lowest BCUT2D eigenvalue weighted by molar-refractivity contribution is -0.144. The van der Waals surface area contributed by atoms with E-state index < -0.39 is 6.10 Å². The summed E-state index contributed by atoms with van der Waals surface area (Å²) in [5, 5.41) is 10.1. The highest BCUT2D eigenvalue weighted by atomic mass is 16.5. The van der Waals surface area contributed by atoms with Crippen LogP contribution in [0.1, 0.15) is 24.2 Å². The van der Waals surface area contributed by atoms with E-state index in [-0.39, 0.29) is 12.5 Å². The number of carbonyl (C=O) groups excluding carboxylic acids is 1. The van der Waals surface area contributed by atoms with Crippen molar-refractivity contribution in [2.75, 3.05) is 26.7 Å². The Hall–Kier alpha value is -1.43. The van der Waals surface area contributed by atoms with Crippen LogP contribution in [0.2, 0.25) is 0 Å². The van der Waals surface area contributed by atoms with Crippen molar-refractivity contribution >= 4 is 5.97 Å². The van der Waals surface area contributed by atoms with Crippen LogP contribution in [0.5, 0.6) is 0 Å². The monoisotopic (exact) mass is 266 g/mol. The molecule has 0 fully saturated rings. The Morgan fingerprint density at radius 2 is 2.05 bits per heavy atom. The summed E-state index contributed by atoms with van der Waals surface area (Å²) in [6.45, 7) is 3.17. The molecular weight excluding hydrogens is 244 g/mol. The van der Waals surface area contributed by atoms with Crippen molar-refractivity contribution in [3.05, 3.63) is 35.4 Å². The predicted octanol–water partition coefficient (Wildman–Crippen LogP) is 0.674. The molecule has 0 spiro atoms. The molecule has 1 rings (SSSR count). The van der Waals surface area contributed by atoms with E-state index in [4.69, 9.17) is 10.5 Å². The molecule has 0 aliphatic carbocycles. The van der Waals surface area contributed by atoms with E-state index in [1.807, 2.05) is 24.3 Å². The first kappa shape index (κ1) is 15.6. The number of carbonyl (C=O) groups is 1. The van der Waals surface area contributed by atoms with Gasteiger partial charge in [0, 0.05) is 13.1 Å². The maximum atomic E-state index is 11.3. The number of rotatable bonds is 7. The number of esters is 1. The Bertz CT molecular complexity index is 392. The van der Waals surface area contributed by atoms with Crippen molar-refractivity contribution in [3.8, 4) is 0 Å². The van der Waals surface area contributed by atoms with Crippen molar-refractivity contribution in [3.63, 3.8) is 0 Å². The van der Waals surface area contributed by atoms with Gasteiger partial charge in [0.15, 0.2) is 0 Å². The first-order valence-corrected chi connectivity index (χ1v) is 6.38. The summed E-state index contributed by atoms with van der Waals surface area (Å²) in [7, 11) is 1.77. The molecule has 0 radical (unpaired) electrons. The maximum absolute atomic E-state index is 11.3. The molecule has 19 heavy (non-hydrogen) atoms. The Kier molecular flexibility index (Phi) is 6.49. The van der Waals surface area contributed by atoms with Gasteiger partial charge in [-0.25, -0.2) is 0 Å². The van der Waals surface area contributed by atoms with Gasteiger partial charge < -0.3 is 15.6 Å². The predicted molar refractivity (Wildman–Crippen MR) is 73.4 cm³/mol. The average Bonchev–Trinajstić information content (AvgIpc) is 2.38. The van der Waals surface area contributed by atoms with Gasteiger partial charge in [0.1, 0.15) is 0 Å². The summed E-state index contributed by atoms with van der Waals surface area (Å²) >= 11 is 0. The van der Waals surface area contributed by atoms with Crippen molar-refractivity contribution in [1.29, 1.82) is 0 Å². The molecule has 1 atom stereocenters. The van der Waals surface area contributed by atoms with Crippen LogP contribution in [0.3, 0.4) is 0 Å². The summed E-state index contributed by atoms with van der Waals surface area (Å²) in [4.78, 5) is 13.0. The molecule has 106 valence electrons. The SMILES string of the molecule is CCOC(=O)CN(C)CC(O)c1ccc(CN)cc1. The van der Waals surface area contributed by atoms with Gasteiger partial charge in [0.25, 0.3) is 0 Å². The normalized spacial score (nSPS) is 12.5. The fourth-order valence-corrected chi connectivity index (χ4v) is 1.77. The maximum Gasteiger partial charge on any atom is 0.320 e. The average molecular weight is 266 g/mol. The number of benzene rings is 1. The van der Waals surface area contributed by atoms with Crippen molar-refractivity contribution in [1.82, 2.24) is 4.90 Å². The number of likely N-dealkylation sites (N-methyl/N-ethyl adjacent to an activating group) is 1. The van der Waals surface area contributed by atoms with E-state index in [1.165, 1.54) is 0 Å². The number of nitrogens with two attached hydrogens (primary N) is 1. The molecule has 0 aromatic heterocycles. The lowest BCUT2D eigenvalue weighted by Crippen LogP contribution is -2.31. The van der Waals surface area contributed by atoms with Gasteiger partial charge in [0.2, 0.25) is 0 Å². The fraction of sp³-hybridized carbons (Fsp3) is 0.500. The quantitative estimate of drug-likeness (QED) is 0.710. The van der Waals surface area contributed by atoms with Crippen LogP contribution in [-0.4, -0.2) is 42.7 Å². The summed E-state index contributed by atoms with van der Waals surface area (Å²) < 4.78 is 4.85. The van der Waals surface area contributed by atoms with E-state index in [0.717, 1.165) is 11.1 Å². The van der Waals surface area contributed by atoms with Crippen LogP contribution in [-0.2, 0) is 16.1 Å². The van der Waals surface area contributed by atoms with E-state index >= 15 is 0 Å². The van der Waals surface area contributed by atoms with Gasteiger partial charge in [-0.2, -0.15) is 0 Å². The largest absolute Gasteiger partial charge is 0.465 e. The first-order chi connectivity index (χ1) is 9.06. The molecule has 3 N–H and O–H groups in total. The molecule has 0 saturated heterocycles. The van der Waals surface area contributed by atoms with Gasteiger partial charge in [0.05, 0.1) is 19.3 Å². The number of hydrogen-bond donors (Lipinski definition) is 2. The Labute approximate surface area is 114 Å². The summed E-state index contributed by atoms with van der Waals surface area (Å²) in [5.74, 6) is -0.282. The minimum atomic E-state index is -0.633. The molecule has 0 aliphatic heterocycles. The van der Waals surface area contributed by atoms with E-state index in [1.54, 1.807) is 18.9 Å². The fourth-order valence-electron chi connectivity index (χ4n) is 1.77. The van der Waals surface area contributed by atoms with Crippen LogP contribution in [0.25, 0.3) is 0 Å². The van der Waals surface area contributed by atoms with Crippen molar-refractivity contribution in [2.24, 2.45) is 5.73 Å². The third-order valence-corrected chi connectivity index (χ3v) is 2.79. The van der Waals surface area contributed by atoms with Gasteiger partial charge in [-0.3, -0.25) is 9.69 Å². The first-order valence-electron chi connectivity index (χ1n) is 6.38. The summed E-state index contributed by atoms with van der Waals surface area (Å²) in [6.07, 6.45) is -0.633. The molecule has 1 aromatic carbocycles. The molecule has 1 unspecified atom stereocenters. The van der Waals surface area contributed by atoms with Gasteiger partial charge in [-0.05, 0) is 25.1 Å². The Morgan fingerprint density at radius 1 is 1.42 bits per heavy atom. The van der Waals surface area contributed by atoms with Gasteiger partial charge in [-0.1, -0.05) is 24.3 Å². The van der Waals surface area contributed by atoms with Gasteiger partial charge >= 0.3 is 5.97 Å². The molecule has 0 aliphatic rings. The summed E-state index contributed by atoms with van der Waals surface area (Å²) in [6, 6.07) is 7.49. The summed E-state index contributed by atoms with van der Waals surface area (Å²) in [5.41, 5.74) is 7.35. The Balaban J connectivity index is 2.48. The smallest absolute Gasteiger partial charge is 0.320 e. The molecule has 0 bridgehead atoms. The molecule has 5 heteroatoms. The lowest BCUT2D eigenvalue weighted by atomic mass is 10.1. The topological polar surface area (TPSA) is 75.8 Å². The third-order valence-electron chi connectivity index (χ3n) is 2.79. The standard InChI is InChI=1S/C14H22N2O3/c1-3-19-14(18)10-16(2)9-13(17)12-6-4-11(8-15)5-7-12/h4-7,13,17H,3,8-10,15H2,1-2H3. The molecular formula is C14H22N2O3. The lowest BCUT2D eigenvalue weighted by Gasteiger charge is -2.20. The van der Waals surface area contributed by atoms with Gasteiger partial charge in [-0.15, -0.1) is 0 Å². The van der Waals surface area contributed by atoms with Crippen LogP contribution in [0.15, 0.2) is 24.3 Å². The van der Waals surface area contributed by atoms with Crippen LogP contribution < -0.4 is 5.73 Å². The third kappa shape index (κ3) is 5.38. The number of aliphatic hydroxyl groups is 1. The molecule has 0 heterocycles. The van der Waals surface area contributed by atoms with Crippen LogP contribution in [0.4, 0.5) is 0 Å². The van der Waals surface area contributed by atoms with E-state index in [0.29, 0.717) is 19.7 Å². The van der Waals surface area contributed by atoms with E-state index in [2.05, 4.69) is 0 Å². The molecule has 1 aromatic rings. The zero-order valence-corrected chi connectivity index (χ0v) is 11.5. The second-order valence-corrected chi connectivity index (χ2v) is 4.46. The number of nitrogens with zero attached hydrogens (tertiary/aromatic N) is 1.